The molecule has 0 fully saturated rings. The van der Waals surface area contributed by atoms with Crippen molar-refractivity contribution in [1.29, 1.82) is 0 Å². The summed E-state index contributed by atoms with van der Waals surface area (Å²) >= 11 is 5.89. The molecule has 1 aliphatic heterocycles. The molecule has 1 amide bonds. The maximum atomic E-state index is 13.8. The van der Waals surface area contributed by atoms with Crippen LogP contribution in [0, 0.1) is 0 Å². The number of halogens is 4. The molecule has 3 atom stereocenters. The Kier molecular flexibility index (Phi) is 5.87. The van der Waals surface area contributed by atoms with Crippen LogP contribution < -0.4 is 10.6 Å². The van der Waals surface area contributed by atoms with E-state index in [1.54, 1.807) is 55.5 Å². The number of benzene rings is 2. The first-order valence-corrected chi connectivity index (χ1v) is 10.3. The van der Waals surface area contributed by atoms with Gasteiger partial charge < -0.3 is 15.7 Å². The van der Waals surface area contributed by atoms with Crippen LogP contribution in [0.15, 0.2) is 54.6 Å². The van der Waals surface area contributed by atoms with Crippen molar-refractivity contribution in [1.82, 2.24) is 9.78 Å². The van der Waals surface area contributed by atoms with E-state index in [0.717, 1.165) is 4.68 Å². The van der Waals surface area contributed by atoms with Crippen molar-refractivity contribution < 1.29 is 23.1 Å². The lowest BCUT2D eigenvalue weighted by atomic mass is 9.97. The third-order valence-electron chi connectivity index (χ3n) is 5.32. The van der Waals surface area contributed by atoms with Crippen LogP contribution >= 0.6 is 11.6 Å². The molecule has 0 unspecified atom stereocenters. The number of amides is 1. The number of aliphatic hydroxyl groups is 1. The topological polar surface area (TPSA) is 79.2 Å². The summed E-state index contributed by atoms with van der Waals surface area (Å²) in [4.78, 5) is 12.7. The molecule has 1 aliphatic rings. The Bertz CT molecular complexity index is 1130. The molecule has 10 heteroatoms. The van der Waals surface area contributed by atoms with Crippen molar-refractivity contribution in [2.75, 3.05) is 10.6 Å². The minimum absolute atomic E-state index is 0.0985. The highest BCUT2D eigenvalue weighted by Crippen LogP contribution is 2.43. The van der Waals surface area contributed by atoms with E-state index >= 15 is 0 Å². The lowest BCUT2D eigenvalue weighted by Gasteiger charge is -2.33. The number of aromatic nitrogens is 2. The van der Waals surface area contributed by atoms with Gasteiger partial charge in [-0.3, -0.25) is 4.79 Å². The van der Waals surface area contributed by atoms with E-state index in [0.29, 0.717) is 21.8 Å². The van der Waals surface area contributed by atoms with Crippen LogP contribution in [-0.2, 0) is 0 Å². The average Bonchev–Trinajstić information content (AvgIpc) is 3.17. The molecule has 4 rings (SSSR count). The molecule has 2 heterocycles. The molecule has 3 N–H and O–H groups in total. The first-order chi connectivity index (χ1) is 15.1. The second-order valence-electron chi connectivity index (χ2n) is 7.66. The zero-order valence-corrected chi connectivity index (χ0v) is 17.7. The van der Waals surface area contributed by atoms with Gasteiger partial charge in [-0.05, 0) is 42.3 Å². The van der Waals surface area contributed by atoms with E-state index in [-0.39, 0.29) is 17.9 Å². The van der Waals surface area contributed by atoms with Crippen LogP contribution in [0.5, 0.6) is 0 Å². The van der Waals surface area contributed by atoms with Gasteiger partial charge in [-0.1, -0.05) is 35.9 Å². The predicted molar refractivity (Wildman–Crippen MR) is 115 cm³/mol. The minimum Gasteiger partial charge on any atom is -0.389 e. The van der Waals surface area contributed by atoms with Crippen molar-refractivity contribution in [2.24, 2.45) is 0 Å². The zero-order valence-electron chi connectivity index (χ0n) is 16.9. The third kappa shape index (κ3) is 4.58. The summed E-state index contributed by atoms with van der Waals surface area (Å²) in [5.74, 6) is -0.554. The number of hydrogen-bond donors (Lipinski definition) is 3. The highest BCUT2D eigenvalue weighted by Gasteiger charge is 2.46. The van der Waals surface area contributed by atoms with Gasteiger partial charge >= 0.3 is 6.18 Å². The number of nitrogens with one attached hydrogen (secondary N) is 2. The van der Waals surface area contributed by atoms with Gasteiger partial charge in [0.05, 0.1) is 12.1 Å². The summed E-state index contributed by atoms with van der Waals surface area (Å²) < 4.78 is 42.3. The number of fused-ring (bicyclic) bond motifs is 1. The normalized spacial score (nSPS) is 19.1. The molecule has 0 saturated carbocycles. The molecule has 0 bridgehead atoms. The standard InChI is InChI=1S/C22H20ClF3N4O2/c1-12(31)14-3-2-4-16(9-14)27-21(32)18-11-20-28-17(13-5-7-15(23)8-6-13)10-19(22(24,25)26)30(20)29-18/h2-9,11-12,17,19,28,31H,10H2,1H3,(H,27,32)/t12-,17+,19-/m0/s1. The van der Waals surface area contributed by atoms with Crippen LogP contribution in [-0.4, -0.2) is 27.0 Å². The lowest BCUT2D eigenvalue weighted by Crippen LogP contribution is -2.35. The Morgan fingerprint density at radius 1 is 1.25 bits per heavy atom. The zero-order chi connectivity index (χ0) is 23.0. The van der Waals surface area contributed by atoms with Crippen LogP contribution in [0.4, 0.5) is 24.7 Å². The second kappa shape index (κ2) is 8.48. The van der Waals surface area contributed by atoms with E-state index in [4.69, 9.17) is 11.6 Å². The molecule has 1 aromatic heterocycles. The van der Waals surface area contributed by atoms with Crippen LogP contribution in [0.3, 0.4) is 0 Å². The molecule has 32 heavy (non-hydrogen) atoms. The molecule has 0 spiro atoms. The van der Waals surface area contributed by atoms with Crippen molar-refractivity contribution in [2.45, 2.75) is 37.7 Å². The fourth-order valence-electron chi connectivity index (χ4n) is 3.67. The van der Waals surface area contributed by atoms with Gasteiger partial charge in [-0.15, -0.1) is 0 Å². The molecular weight excluding hydrogens is 445 g/mol. The first-order valence-electron chi connectivity index (χ1n) is 9.89. The number of anilines is 2. The molecule has 168 valence electrons. The number of nitrogens with zero attached hydrogens (tertiary/aromatic N) is 2. The molecule has 3 aromatic rings. The molecule has 2 aromatic carbocycles. The van der Waals surface area contributed by atoms with Crippen molar-refractivity contribution in [3.05, 3.63) is 76.4 Å². The fourth-order valence-corrected chi connectivity index (χ4v) is 3.80. The monoisotopic (exact) mass is 464 g/mol. The molecule has 6 nitrogen and oxygen atoms in total. The van der Waals surface area contributed by atoms with Crippen molar-refractivity contribution >= 4 is 29.0 Å². The maximum Gasteiger partial charge on any atom is 0.410 e. The number of carbonyl (C=O) groups is 1. The van der Waals surface area contributed by atoms with Gasteiger partial charge in [0.15, 0.2) is 11.7 Å². The van der Waals surface area contributed by atoms with E-state index in [1.807, 2.05) is 0 Å². The summed E-state index contributed by atoms with van der Waals surface area (Å²) in [7, 11) is 0. The summed E-state index contributed by atoms with van der Waals surface area (Å²) in [5.41, 5.74) is 1.49. The SMILES string of the molecule is C[C@H](O)c1cccc(NC(=O)c2cc3n(n2)[C@H](C(F)(F)F)C[C@H](c2ccc(Cl)cc2)N3)c1. The van der Waals surface area contributed by atoms with Crippen LogP contribution in [0.1, 0.15) is 53.1 Å². The van der Waals surface area contributed by atoms with Gasteiger partial charge in [0.2, 0.25) is 0 Å². The van der Waals surface area contributed by atoms with Crippen molar-refractivity contribution in [3.8, 4) is 0 Å². The van der Waals surface area contributed by atoms with Crippen LogP contribution in [0.25, 0.3) is 0 Å². The smallest absolute Gasteiger partial charge is 0.389 e. The predicted octanol–water partition coefficient (Wildman–Crippen LogP) is 5.50. The Morgan fingerprint density at radius 3 is 2.62 bits per heavy atom. The highest BCUT2D eigenvalue weighted by atomic mass is 35.5. The summed E-state index contributed by atoms with van der Waals surface area (Å²) in [5, 5.41) is 19.8. The van der Waals surface area contributed by atoms with Gasteiger partial charge in [0.25, 0.3) is 5.91 Å². The third-order valence-corrected chi connectivity index (χ3v) is 5.57. The Labute approximate surface area is 187 Å². The van der Waals surface area contributed by atoms with Gasteiger partial charge in [0.1, 0.15) is 5.82 Å². The summed E-state index contributed by atoms with van der Waals surface area (Å²) in [6, 6.07) is 11.9. The van der Waals surface area contributed by atoms with Crippen molar-refractivity contribution in [3.63, 3.8) is 0 Å². The minimum atomic E-state index is -4.55. The highest BCUT2D eigenvalue weighted by molar-refractivity contribution is 6.30. The first kappa shape index (κ1) is 22.2. The quantitative estimate of drug-likeness (QED) is 0.476. The Balaban J connectivity index is 1.62. The fraction of sp³-hybridized carbons (Fsp3) is 0.273. The maximum absolute atomic E-state index is 13.8. The molecule has 0 radical (unpaired) electrons. The second-order valence-corrected chi connectivity index (χ2v) is 8.09. The number of rotatable bonds is 4. The molecular formula is C22H20ClF3N4O2. The number of alkyl halides is 3. The van der Waals surface area contributed by atoms with Gasteiger partial charge in [-0.2, -0.15) is 18.3 Å². The van der Waals surface area contributed by atoms with E-state index in [9.17, 15) is 23.1 Å². The van der Waals surface area contributed by atoms with Gasteiger partial charge in [-0.25, -0.2) is 4.68 Å². The number of carbonyl (C=O) groups excluding carboxylic acids is 1. The van der Waals surface area contributed by atoms with E-state index in [2.05, 4.69) is 15.7 Å². The average molecular weight is 465 g/mol. The lowest BCUT2D eigenvalue weighted by molar-refractivity contribution is -0.173. The summed E-state index contributed by atoms with van der Waals surface area (Å²) in [6.45, 7) is 1.59. The van der Waals surface area contributed by atoms with Gasteiger partial charge in [0, 0.05) is 23.2 Å². The number of aliphatic hydroxyl groups excluding tert-OH is 1. The Hall–Kier alpha value is -3.04. The Morgan fingerprint density at radius 2 is 1.97 bits per heavy atom. The molecule has 0 saturated heterocycles. The summed E-state index contributed by atoms with van der Waals surface area (Å²) in [6.07, 6.45) is -5.56. The largest absolute Gasteiger partial charge is 0.410 e. The van der Waals surface area contributed by atoms with E-state index in [1.165, 1.54) is 6.07 Å². The van der Waals surface area contributed by atoms with Crippen LogP contribution in [0.2, 0.25) is 5.02 Å². The molecule has 0 aliphatic carbocycles. The number of hydrogen-bond acceptors (Lipinski definition) is 4. The van der Waals surface area contributed by atoms with E-state index < -0.39 is 30.3 Å².